The van der Waals surface area contributed by atoms with Crippen LogP contribution in [0.1, 0.15) is 41.3 Å². The summed E-state index contributed by atoms with van der Waals surface area (Å²) in [6.45, 7) is 4.96. The van der Waals surface area contributed by atoms with Crippen LogP contribution >= 0.6 is 34.2 Å². The van der Waals surface area contributed by atoms with Crippen molar-refractivity contribution in [3.8, 4) is 11.5 Å². The number of nitrogens with one attached hydrogen (secondary N) is 1. The molecule has 1 amide bonds. The number of hydrazone groups is 1. The van der Waals surface area contributed by atoms with Gasteiger partial charge in [-0.3, -0.25) is 4.79 Å². The van der Waals surface area contributed by atoms with Crippen LogP contribution in [0.2, 0.25) is 5.02 Å². The average molecular weight is 604 g/mol. The molecule has 1 saturated heterocycles. The Bertz CT molecular complexity index is 1180. The number of hydrogen-bond acceptors (Lipinski definition) is 5. The van der Waals surface area contributed by atoms with Gasteiger partial charge in [-0.2, -0.15) is 5.10 Å². The minimum absolute atomic E-state index is 0.253. The number of hydrogen-bond donors (Lipinski definition) is 1. The Morgan fingerprint density at radius 1 is 1.09 bits per heavy atom. The molecule has 1 heterocycles. The predicted molar refractivity (Wildman–Crippen MR) is 149 cm³/mol. The molecule has 0 aliphatic carbocycles. The quantitative estimate of drug-likeness (QED) is 0.178. The van der Waals surface area contributed by atoms with Gasteiger partial charge >= 0.3 is 0 Å². The number of nitrogens with zero attached hydrogens (tertiary/aromatic N) is 2. The molecule has 0 atom stereocenters. The second-order valence-corrected chi connectivity index (χ2v) is 9.72. The molecule has 3 aromatic carbocycles. The lowest BCUT2D eigenvalue weighted by Crippen LogP contribution is -2.19. The van der Waals surface area contributed by atoms with E-state index in [-0.39, 0.29) is 5.91 Å². The fourth-order valence-electron chi connectivity index (χ4n) is 3.83. The van der Waals surface area contributed by atoms with Crippen molar-refractivity contribution in [1.29, 1.82) is 0 Å². The van der Waals surface area contributed by atoms with Crippen LogP contribution in [0, 0.1) is 3.57 Å². The molecule has 0 radical (unpaired) electrons. The summed E-state index contributed by atoms with van der Waals surface area (Å²) in [7, 11) is 0. The Kier molecular flexibility index (Phi) is 8.87. The first kappa shape index (κ1) is 25.3. The summed E-state index contributed by atoms with van der Waals surface area (Å²) in [5, 5.41) is 4.83. The third-order valence-corrected chi connectivity index (χ3v) is 6.66. The van der Waals surface area contributed by atoms with E-state index < -0.39 is 0 Å². The van der Waals surface area contributed by atoms with E-state index in [4.69, 9.17) is 21.1 Å². The summed E-state index contributed by atoms with van der Waals surface area (Å²) in [5.41, 5.74) is 6.13. The van der Waals surface area contributed by atoms with Crippen LogP contribution in [0.25, 0.3) is 0 Å². The molecule has 0 bridgehead atoms. The summed E-state index contributed by atoms with van der Waals surface area (Å²) in [5.74, 6) is 1.04. The van der Waals surface area contributed by atoms with Crippen molar-refractivity contribution in [2.45, 2.75) is 26.4 Å². The number of carbonyl (C=O) groups excluding carboxylic acids is 1. The number of carbonyl (C=O) groups is 1. The summed E-state index contributed by atoms with van der Waals surface area (Å²) < 4.78 is 12.7. The van der Waals surface area contributed by atoms with Gasteiger partial charge in [0.25, 0.3) is 5.91 Å². The standard InChI is InChI=1S/C27H27ClIN3O3/c1-2-34-25-16-20(15-24(29)26(25)35-18-19-5-9-22(28)10-6-19)17-30-31-27(33)21-7-11-23(12-8-21)32-13-3-4-14-32/h5-12,15-17H,2-4,13-14,18H2,1H3,(H,31,33)/b30-17-. The van der Waals surface area contributed by atoms with E-state index >= 15 is 0 Å². The van der Waals surface area contributed by atoms with Crippen molar-refractivity contribution in [1.82, 2.24) is 5.43 Å². The number of amides is 1. The van der Waals surface area contributed by atoms with Crippen molar-refractivity contribution >= 4 is 52.0 Å². The van der Waals surface area contributed by atoms with E-state index in [1.54, 1.807) is 6.21 Å². The minimum Gasteiger partial charge on any atom is -0.490 e. The Morgan fingerprint density at radius 2 is 1.80 bits per heavy atom. The van der Waals surface area contributed by atoms with E-state index in [9.17, 15) is 4.79 Å². The van der Waals surface area contributed by atoms with Crippen molar-refractivity contribution in [2.75, 3.05) is 24.6 Å². The van der Waals surface area contributed by atoms with Crippen molar-refractivity contribution in [3.63, 3.8) is 0 Å². The fraction of sp³-hybridized carbons (Fsp3) is 0.259. The first-order valence-corrected chi connectivity index (χ1v) is 13.0. The van der Waals surface area contributed by atoms with Crippen LogP contribution in [-0.2, 0) is 6.61 Å². The summed E-state index contributed by atoms with van der Waals surface area (Å²) in [6.07, 6.45) is 4.04. The molecule has 1 N–H and O–H groups in total. The molecule has 6 nitrogen and oxygen atoms in total. The van der Waals surface area contributed by atoms with Crippen LogP contribution in [0.5, 0.6) is 11.5 Å². The van der Waals surface area contributed by atoms with Crippen LogP contribution in [-0.4, -0.2) is 31.8 Å². The molecule has 0 spiro atoms. The van der Waals surface area contributed by atoms with Gasteiger partial charge in [-0.05, 0) is 102 Å². The molecule has 182 valence electrons. The molecule has 35 heavy (non-hydrogen) atoms. The van der Waals surface area contributed by atoms with E-state index in [1.807, 2.05) is 67.6 Å². The van der Waals surface area contributed by atoms with E-state index in [1.165, 1.54) is 12.8 Å². The van der Waals surface area contributed by atoms with Gasteiger partial charge in [0.15, 0.2) is 11.5 Å². The highest BCUT2D eigenvalue weighted by Crippen LogP contribution is 2.34. The highest BCUT2D eigenvalue weighted by molar-refractivity contribution is 14.1. The fourth-order valence-corrected chi connectivity index (χ4v) is 4.74. The molecule has 0 saturated carbocycles. The highest BCUT2D eigenvalue weighted by atomic mass is 127. The van der Waals surface area contributed by atoms with Crippen LogP contribution in [0.3, 0.4) is 0 Å². The van der Waals surface area contributed by atoms with E-state index in [0.717, 1.165) is 33.5 Å². The molecule has 4 rings (SSSR count). The van der Waals surface area contributed by atoms with Gasteiger partial charge in [0.2, 0.25) is 0 Å². The van der Waals surface area contributed by atoms with Gasteiger partial charge in [-0.15, -0.1) is 0 Å². The SMILES string of the molecule is CCOc1cc(/C=N\NC(=O)c2ccc(N3CCCC3)cc2)cc(I)c1OCc1ccc(Cl)cc1. The normalized spacial score (nSPS) is 13.3. The molecule has 1 aliphatic rings. The molecule has 1 aliphatic heterocycles. The van der Waals surface area contributed by atoms with Gasteiger partial charge in [0.05, 0.1) is 16.4 Å². The third kappa shape index (κ3) is 6.89. The first-order chi connectivity index (χ1) is 17.0. The van der Waals surface area contributed by atoms with Crippen LogP contribution in [0.4, 0.5) is 5.69 Å². The second kappa shape index (κ2) is 12.3. The predicted octanol–water partition coefficient (Wildman–Crippen LogP) is 6.29. The smallest absolute Gasteiger partial charge is 0.271 e. The maximum Gasteiger partial charge on any atom is 0.271 e. The first-order valence-electron chi connectivity index (χ1n) is 11.6. The van der Waals surface area contributed by atoms with Crippen LogP contribution < -0.4 is 19.8 Å². The molecule has 1 fully saturated rings. The Morgan fingerprint density at radius 3 is 2.49 bits per heavy atom. The summed E-state index contributed by atoms with van der Waals surface area (Å²) >= 11 is 8.18. The number of ether oxygens (including phenoxy) is 2. The number of halogens is 2. The van der Waals surface area contributed by atoms with Gasteiger partial charge in [-0.1, -0.05) is 23.7 Å². The third-order valence-electron chi connectivity index (χ3n) is 5.61. The topological polar surface area (TPSA) is 63.2 Å². The number of anilines is 1. The van der Waals surface area contributed by atoms with Crippen molar-refractivity contribution in [3.05, 3.63) is 85.9 Å². The Balaban J connectivity index is 1.40. The molecule has 8 heteroatoms. The Hall–Kier alpha value is -2.78. The summed E-state index contributed by atoms with van der Waals surface area (Å²) in [4.78, 5) is 14.8. The molecule has 3 aromatic rings. The van der Waals surface area contributed by atoms with Gasteiger partial charge in [-0.25, -0.2) is 5.43 Å². The number of benzene rings is 3. The van der Waals surface area contributed by atoms with E-state index in [2.05, 4.69) is 38.0 Å². The lowest BCUT2D eigenvalue weighted by atomic mass is 10.2. The molecular formula is C27H27ClIN3O3. The van der Waals surface area contributed by atoms with Gasteiger partial charge < -0.3 is 14.4 Å². The van der Waals surface area contributed by atoms with Gasteiger partial charge in [0, 0.05) is 29.4 Å². The lowest BCUT2D eigenvalue weighted by molar-refractivity contribution is 0.0955. The van der Waals surface area contributed by atoms with Crippen LogP contribution in [0.15, 0.2) is 65.8 Å². The summed E-state index contributed by atoms with van der Waals surface area (Å²) in [6, 6.07) is 19.0. The monoisotopic (exact) mass is 603 g/mol. The zero-order valence-corrected chi connectivity index (χ0v) is 22.4. The number of rotatable bonds is 9. The molecule has 0 unspecified atom stereocenters. The largest absolute Gasteiger partial charge is 0.490 e. The minimum atomic E-state index is -0.253. The van der Waals surface area contributed by atoms with Crippen molar-refractivity contribution < 1.29 is 14.3 Å². The molecular weight excluding hydrogens is 577 g/mol. The average Bonchev–Trinajstić information content (AvgIpc) is 3.40. The zero-order chi connectivity index (χ0) is 24.6. The molecule has 0 aromatic heterocycles. The second-order valence-electron chi connectivity index (χ2n) is 8.12. The zero-order valence-electron chi connectivity index (χ0n) is 19.5. The lowest BCUT2D eigenvalue weighted by Gasteiger charge is -2.17. The van der Waals surface area contributed by atoms with Gasteiger partial charge in [0.1, 0.15) is 6.61 Å². The highest BCUT2D eigenvalue weighted by Gasteiger charge is 2.14. The maximum absolute atomic E-state index is 12.5. The maximum atomic E-state index is 12.5. The Labute approximate surface area is 224 Å². The van der Waals surface area contributed by atoms with Crippen molar-refractivity contribution in [2.24, 2.45) is 5.10 Å². The van der Waals surface area contributed by atoms with E-state index in [0.29, 0.717) is 35.3 Å².